The third-order valence-corrected chi connectivity index (χ3v) is 3.74. The van der Waals surface area contributed by atoms with Crippen LogP contribution in [0, 0.1) is 0 Å². The van der Waals surface area contributed by atoms with Gasteiger partial charge in [0.1, 0.15) is 0 Å². The maximum absolute atomic E-state index is 12.3. The van der Waals surface area contributed by atoms with E-state index in [-0.39, 0.29) is 5.91 Å². The lowest BCUT2D eigenvalue weighted by atomic mass is 10.1. The van der Waals surface area contributed by atoms with Gasteiger partial charge in [-0.1, -0.05) is 11.6 Å². The molecule has 1 atom stereocenters. The van der Waals surface area contributed by atoms with E-state index in [1.54, 1.807) is 18.2 Å². The van der Waals surface area contributed by atoms with Crippen molar-refractivity contribution in [3.8, 4) is 0 Å². The highest BCUT2D eigenvalue weighted by Gasteiger charge is 2.23. The SMILES string of the molecule is C[C@@H]1CN(C(=O)c2cc(Cl)ccc2Br)CCN1. The lowest BCUT2D eigenvalue weighted by Gasteiger charge is -2.32. The van der Waals surface area contributed by atoms with E-state index in [9.17, 15) is 4.79 Å². The van der Waals surface area contributed by atoms with Crippen molar-refractivity contribution in [3.63, 3.8) is 0 Å². The topological polar surface area (TPSA) is 32.3 Å². The van der Waals surface area contributed by atoms with Crippen molar-refractivity contribution >= 4 is 33.4 Å². The molecule has 5 heteroatoms. The molecule has 0 radical (unpaired) electrons. The minimum Gasteiger partial charge on any atom is -0.336 e. The van der Waals surface area contributed by atoms with Crippen LogP contribution in [0.25, 0.3) is 0 Å². The van der Waals surface area contributed by atoms with Crippen LogP contribution in [-0.4, -0.2) is 36.5 Å². The molecule has 92 valence electrons. The maximum Gasteiger partial charge on any atom is 0.255 e. The molecular weight excluding hydrogens is 304 g/mol. The lowest BCUT2D eigenvalue weighted by molar-refractivity contribution is 0.0708. The van der Waals surface area contributed by atoms with Crippen LogP contribution in [0.3, 0.4) is 0 Å². The fourth-order valence-electron chi connectivity index (χ4n) is 1.95. The first-order chi connectivity index (χ1) is 8.08. The van der Waals surface area contributed by atoms with Gasteiger partial charge >= 0.3 is 0 Å². The van der Waals surface area contributed by atoms with Crippen LogP contribution in [0.5, 0.6) is 0 Å². The van der Waals surface area contributed by atoms with E-state index in [1.165, 1.54) is 0 Å². The molecule has 0 saturated carbocycles. The molecule has 1 aliphatic rings. The largest absolute Gasteiger partial charge is 0.336 e. The van der Waals surface area contributed by atoms with Crippen LogP contribution in [0.15, 0.2) is 22.7 Å². The molecule has 1 aromatic rings. The van der Waals surface area contributed by atoms with Crippen molar-refractivity contribution in [2.24, 2.45) is 0 Å². The van der Waals surface area contributed by atoms with Crippen LogP contribution < -0.4 is 5.32 Å². The van der Waals surface area contributed by atoms with Crippen LogP contribution in [-0.2, 0) is 0 Å². The second-order valence-electron chi connectivity index (χ2n) is 4.23. The number of hydrogen-bond acceptors (Lipinski definition) is 2. The summed E-state index contributed by atoms with van der Waals surface area (Å²) in [6, 6.07) is 5.62. The number of hydrogen-bond donors (Lipinski definition) is 1. The fourth-order valence-corrected chi connectivity index (χ4v) is 2.54. The van der Waals surface area contributed by atoms with Gasteiger partial charge in [-0.15, -0.1) is 0 Å². The van der Waals surface area contributed by atoms with Crippen molar-refractivity contribution in [2.45, 2.75) is 13.0 Å². The summed E-state index contributed by atoms with van der Waals surface area (Å²) >= 11 is 9.32. The minimum absolute atomic E-state index is 0.0349. The summed E-state index contributed by atoms with van der Waals surface area (Å²) < 4.78 is 0.790. The second kappa shape index (κ2) is 5.38. The van der Waals surface area contributed by atoms with E-state index in [0.29, 0.717) is 16.6 Å². The number of rotatable bonds is 1. The standard InChI is InChI=1S/C12H14BrClN2O/c1-8-7-16(5-4-15-8)12(17)10-6-9(14)2-3-11(10)13/h2-3,6,8,15H,4-5,7H2,1H3/t8-/m1/s1. The summed E-state index contributed by atoms with van der Waals surface area (Å²) in [6.45, 7) is 4.39. The Hall–Kier alpha value is -0.580. The smallest absolute Gasteiger partial charge is 0.255 e. The molecule has 1 fully saturated rings. The van der Waals surface area contributed by atoms with Crippen molar-refractivity contribution < 1.29 is 4.79 Å². The molecule has 1 aliphatic heterocycles. The number of nitrogens with one attached hydrogen (secondary N) is 1. The first-order valence-electron chi connectivity index (χ1n) is 5.55. The van der Waals surface area contributed by atoms with Gasteiger partial charge in [0, 0.05) is 35.2 Å². The first kappa shape index (κ1) is 12.9. The summed E-state index contributed by atoms with van der Waals surface area (Å²) in [4.78, 5) is 14.2. The normalized spacial score (nSPS) is 20.4. The van der Waals surface area contributed by atoms with Gasteiger partial charge in [-0.05, 0) is 41.1 Å². The van der Waals surface area contributed by atoms with E-state index >= 15 is 0 Å². The number of benzene rings is 1. The summed E-state index contributed by atoms with van der Waals surface area (Å²) in [5, 5.41) is 3.90. The zero-order chi connectivity index (χ0) is 12.4. The predicted molar refractivity (Wildman–Crippen MR) is 72.5 cm³/mol. The Kier molecular flexibility index (Phi) is 4.07. The van der Waals surface area contributed by atoms with Gasteiger partial charge in [0.15, 0.2) is 0 Å². The van der Waals surface area contributed by atoms with Crippen molar-refractivity contribution in [2.75, 3.05) is 19.6 Å². The van der Waals surface area contributed by atoms with E-state index in [0.717, 1.165) is 24.1 Å². The average molecular weight is 318 g/mol. The molecule has 1 heterocycles. The highest BCUT2D eigenvalue weighted by atomic mass is 79.9. The summed E-state index contributed by atoms with van der Waals surface area (Å²) in [7, 11) is 0. The van der Waals surface area contributed by atoms with Gasteiger partial charge < -0.3 is 10.2 Å². The molecule has 0 aromatic heterocycles. The number of carbonyl (C=O) groups excluding carboxylic acids is 1. The molecule has 0 aliphatic carbocycles. The molecule has 1 N–H and O–H groups in total. The Morgan fingerprint density at radius 2 is 2.35 bits per heavy atom. The number of amides is 1. The Morgan fingerprint density at radius 1 is 1.59 bits per heavy atom. The summed E-state index contributed by atoms with van der Waals surface area (Å²) in [6.07, 6.45) is 0. The van der Waals surface area contributed by atoms with Gasteiger partial charge in [0.2, 0.25) is 0 Å². The Balaban J connectivity index is 2.21. The van der Waals surface area contributed by atoms with Crippen LogP contribution >= 0.6 is 27.5 Å². The van der Waals surface area contributed by atoms with E-state index in [2.05, 4.69) is 28.2 Å². The molecular formula is C12H14BrClN2O. The van der Waals surface area contributed by atoms with Gasteiger partial charge in [0.05, 0.1) is 5.56 Å². The summed E-state index contributed by atoms with van der Waals surface area (Å²) in [5.41, 5.74) is 0.631. The minimum atomic E-state index is 0.0349. The molecule has 0 unspecified atom stereocenters. The molecule has 17 heavy (non-hydrogen) atoms. The third-order valence-electron chi connectivity index (χ3n) is 2.81. The van der Waals surface area contributed by atoms with Gasteiger partial charge in [-0.25, -0.2) is 0 Å². The maximum atomic E-state index is 12.3. The van der Waals surface area contributed by atoms with Crippen molar-refractivity contribution in [1.29, 1.82) is 0 Å². The monoisotopic (exact) mass is 316 g/mol. The molecule has 1 aromatic carbocycles. The quantitative estimate of drug-likeness (QED) is 0.863. The van der Waals surface area contributed by atoms with Gasteiger partial charge in [0.25, 0.3) is 5.91 Å². The number of carbonyl (C=O) groups is 1. The molecule has 3 nitrogen and oxygen atoms in total. The van der Waals surface area contributed by atoms with Crippen LogP contribution in [0.4, 0.5) is 0 Å². The Labute approximate surface area is 114 Å². The molecule has 0 bridgehead atoms. The zero-order valence-electron chi connectivity index (χ0n) is 9.54. The average Bonchev–Trinajstić information content (AvgIpc) is 2.31. The van der Waals surface area contributed by atoms with Crippen molar-refractivity contribution in [3.05, 3.63) is 33.3 Å². The molecule has 1 saturated heterocycles. The van der Waals surface area contributed by atoms with Crippen LogP contribution in [0.1, 0.15) is 17.3 Å². The molecule has 2 rings (SSSR count). The first-order valence-corrected chi connectivity index (χ1v) is 6.72. The fraction of sp³-hybridized carbons (Fsp3) is 0.417. The second-order valence-corrected chi connectivity index (χ2v) is 5.52. The van der Waals surface area contributed by atoms with E-state index in [4.69, 9.17) is 11.6 Å². The Bertz CT molecular complexity index is 439. The lowest BCUT2D eigenvalue weighted by Crippen LogP contribution is -2.51. The molecule has 0 spiro atoms. The van der Waals surface area contributed by atoms with Gasteiger partial charge in [-0.3, -0.25) is 4.79 Å². The van der Waals surface area contributed by atoms with E-state index < -0.39 is 0 Å². The predicted octanol–water partition coefficient (Wildman–Crippen LogP) is 2.54. The molecule has 1 amide bonds. The zero-order valence-corrected chi connectivity index (χ0v) is 11.9. The van der Waals surface area contributed by atoms with E-state index in [1.807, 2.05) is 4.90 Å². The van der Waals surface area contributed by atoms with Crippen LogP contribution in [0.2, 0.25) is 5.02 Å². The number of halogens is 2. The highest BCUT2D eigenvalue weighted by Crippen LogP contribution is 2.23. The van der Waals surface area contributed by atoms with Crippen molar-refractivity contribution in [1.82, 2.24) is 10.2 Å². The Morgan fingerprint density at radius 3 is 3.06 bits per heavy atom. The number of piperazine rings is 1. The summed E-state index contributed by atoms with van der Waals surface area (Å²) in [5.74, 6) is 0.0349. The van der Waals surface area contributed by atoms with Gasteiger partial charge in [-0.2, -0.15) is 0 Å². The number of nitrogens with zero attached hydrogens (tertiary/aromatic N) is 1. The highest BCUT2D eigenvalue weighted by molar-refractivity contribution is 9.10. The third kappa shape index (κ3) is 3.00.